The summed E-state index contributed by atoms with van der Waals surface area (Å²) in [5.41, 5.74) is 3.16. The fourth-order valence-corrected chi connectivity index (χ4v) is 4.32. The SMILES string of the molecule is CC1CCN(Cc2ccc(NC(=O)C3CC(=O)N(Cc4ccccc4)C3)cc2)CC1. The van der Waals surface area contributed by atoms with Gasteiger partial charge < -0.3 is 10.2 Å². The van der Waals surface area contributed by atoms with Crippen LogP contribution in [0, 0.1) is 11.8 Å². The van der Waals surface area contributed by atoms with Crippen molar-refractivity contribution < 1.29 is 9.59 Å². The maximum absolute atomic E-state index is 12.7. The van der Waals surface area contributed by atoms with Crippen molar-refractivity contribution in [1.82, 2.24) is 9.80 Å². The molecule has 2 aliphatic heterocycles. The van der Waals surface area contributed by atoms with Crippen LogP contribution in [-0.4, -0.2) is 41.2 Å². The van der Waals surface area contributed by atoms with Crippen LogP contribution in [0.1, 0.15) is 37.3 Å². The lowest BCUT2D eigenvalue weighted by molar-refractivity contribution is -0.128. The lowest BCUT2D eigenvalue weighted by Crippen LogP contribution is -2.32. The van der Waals surface area contributed by atoms with E-state index in [-0.39, 0.29) is 24.2 Å². The molecule has 0 aliphatic carbocycles. The second kappa shape index (κ2) is 9.43. The molecule has 30 heavy (non-hydrogen) atoms. The van der Waals surface area contributed by atoms with Crippen molar-refractivity contribution in [1.29, 1.82) is 0 Å². The van der Waals surface area contributed by atoms with Crippen molar-refractivity contribution in [3.05, 3.63) is 65.7 Å². The highest BCUT2D eigenvalue weighted by atomic mass is 16.2. The average Bonchev–Trinajstić information content (AvgIpc) is 3.12. The van der Waals surface area contributed by atoms with Gasteiger partial charge >= 0.3 is 0 Å². The molecule has 158 valence electrons. The second-order valence-electron chi connectivity index (χ2n) is 8.81. The van der Waals surface area contributed by atoms with Crippen LogP contribution in [0.2, 0.25) is 0 Å². The predicted molar refractivity (Wildman–Crippen MR) is 119 cm³/mol. The van der Waals surface area contributed by atoms with E-state index in [1.807, 2.05) is 42.5 Å². The zero-order valence-electron chi connectivity index (χ0n) is 17.7. The van der Waals surface area contributed by atoms with Gasteiger partial charge in [-0.15, -0.1) is 0 Å². The summed E-state index contributed by atoms with van der Waals surface area (Å²) < 4.78 is 0. The van der Waals surface area contributed by atoms with Gasteiger partial charge in [-0.25, -0.2) is 0 Å². The molecule has 1 N–H and O–H groups in total. The van der Waals surface area contributed by atoms with Crippen LogP contribution in [0.25, 0.3) is 0 Å². The number of nitrogens with one attached hydrogen (secondary N) is 1. The molecule has 4 rings (SSSR count). The highest BCUT2D eigenvalue weighted by Crippen LogP contribution is 2.23. The monoisotopic (exact) mass is 405 g/mol. The fraction of sp³-hybridized carbons (Fsp3) is 0.440. The minimum Gasteiger partial charge on any atom is -0.338 e. The van der Waals surface area contributed by atoms with Gasteiger partial charge in [0.2, 0.25) is 11.8 Å². The Labute approximate surface area is 179 Å². The van der Waals surface area contributed by atoms with E-state index in [9.17, 15) is 9.59 Å². The van der Waals surface area contributed by atoms with E-state index in [1.54, 1.807) is 4.90 Å². The molecule has 0 spiro atoms. The van der Waals surface area contributed by atoms with Crippen molar-refractivity contribution in [2.45, 2.75) is 39.3 Å². The molecule has 2 amide bonds. The van der Waals surface area contributed by atoms with Crippen molar-refractivity contribution in [3.63, 3.8) is 0 Å². The third-order valence-corrected chi connectivity index (χ3v) is 6.31. The highest BCUT2D eigenvalue weighted by Gasteiger charge is 2.34. The molecule has 2 heterocycles. The van der Waals surface area contributed by atoms with Gasteiger partial charge in [-0.05, 0) is 55.1 Å². The molecule has 2 aromatic rings. The molecule has 2 aliphatic rings. The minimum atomic E-state index is -0.295. The Morgan fingerprint density at radius 2 is 1.63 bits per heavy atom. The van der Waals surface area contributed by atoms with Crippen LogP contribution >= 0.6 is 0 Å². The number of hydrogen-bond donors (Lipinski definition) is 1. The standard InChI is InChI=1S/C25H31N3O2/c1-19-11-13-27(14-12-19)16-21-7-9-23(10-8-21)26-25(30)22-15-24(29)28(18-22)17-20-5-3-2-4-6-20/h2-10,19,22H,11-18H2,1H3,(H,26,30). The van der Waals surface area contributed by atoms with Gasteiger partial charge in [0.25, 0.3) is 0 Å². The number of rotatable bonds is 6. The zero-order valence-corrected chi connectivity index (χ0v) is 17.7. The van der Waals surface area contributed by atoms with Crippen LogP contribution in [0.4, 0.5) is 5.69 Å². The third kappa shape index (κ3) is 5.28. The minimum absolute atomic E-state index is 0.0465. The lowest BCUT2D eigenvalue weighted by atomic mass is 9.99. The number of piperidine rings is 1. The van der Waals surface area contributed by atoms with Crippen molar-refractivity contribution in [2.24, 2.45) is 11.8 Å². The average molecular weight is 406 g/mol. The first-order valence-electron chi connectivity index (χ1n) is 11.0. The molecular weight excluding hydrogens is 374 g/mol. The Bertz CT molecular complexity index is 858. The van der Waals surface area contributed by atoms with E-state index in [0.29, 0.717) is 13.1 Å². The molecule has 5 heteroatoms. The van der Waals surface area contributed by atoms with Crippen molar-refractivity contribution in [3.8, 4) is 0 Å². The van der Waals surface area contributed by atoms with Crippen molar-refractivity contribution in [2.75, 3.05) is 25.0 Å². The molecule has 5 nitrogen and oxygen atoms in total. The number of anilines is 1. The predicted octanol–water partition coefficient (Wildman–Crippen LogP) is 3.91. The van der Waals surface area contributed by atoms with Gasteiger partial charge in [-0.3, -0.25) is 14.5 Å². The first kappa shape index (κ1) is 20.6. The lowest BCUT2D eigenvalue weighted by Gasteiger charge is -2.30. The van der Waals surface area contributed by atoms with E-state index >= 15 is 0 Å². The van der Waals surface area contributed by atoms with Crippen LogP contribution in [0.3, 0.4) is 0 Å². The van der Waals surface area contributed by atoms with Gasteiger partial charge in [0.05, 0.1) is 5.92 Å². The van der Waals surface area contributed by atoms with E-state index in [0.717, 1.165) is 36.8 Å². The maximum Gasteiger partial charge on any atom is 0.229 e. The summed E-state index contributed by atoms with van der Waals surface area (Å²) in [5.74, 6) is 0.517. The zero-order chi connectivity index (χ0) is 20.9. The van der Waals surface area contributed by atoms with Gasteiger partial charge in [-0.1, -0.05) is 49.4 Å². The molecule has 2 saturated heterocycles. The normalized spacial score (nSPS) is 20.5. The van der Waals surface area contributed by atoms with E-state index in [1.165, 1.54) is 18.4 Å². The third-order valence-electron chi connectivity index (χ3n) is 6.31. The summed E-state index contributed by atoms with van der Waals surface area (Å²) in [5, 5.41) is 2.99. The van der Waals surface area contributed by atoms with E-state index in [4.69, 9.17) is 0 Å². The Morgan fingerprint density at radius 3 is 2.33 bits per heavy atom. The first-order chi connectivity index (χ1) is 14.6. The molecule has 0 aromatic heterocycles. The molecule has 1 unspecified atom stereocenters. The molecule has 0 radical (unpaired) electrons. The number of amides is 2. The van der Waals surface area contributed by atoms with Crippen LogP contribution in [0.15, 0.2) is 54.6 Å². The maximum atomic E-state index is 12.7. The number of nitrogens with zero attached hydrogens (tertiary/aromatic N) is 2. The summed E-state index contributed by atoms with van der Waals surface area (Å²) in [6.45, 7) is 6.66. The van der Waals surface area contributed by atoms with Gasteiger partial charge in [0, 0.05) is 31.7 Å². The smallest absolute Gasteiger partial charge is 0.229 e. The molecule has 2 fully saturated rings. The highest BCUT2D eigenvalue weighted by molar-refractivity contribution is 5.97. The topological polar surface area (TPSA) is 52.7 Å². The summed E-state index contributed by atoms with van der Waals surface area (Å²) >= 11 is 0. The molecule has 2 aromatic carbocycles. The Hall–Kier alpha value is -2.66. The van der Waals surface area contributed by atoms with Crippen LogP contribution in [0.5, 0.6) is 0 Å². The van der Waals surface area contributed by atoms with Crippen molar-refractivity contribution >= 4 is 17.5 Å². The van der Waals surface area contributed by atoms with E-state index in [2.05, 4.69) is 29.3 Å². The number of likely N-dealkylation sites (tertiary alicyclic amines) is 2. The van der Waals surface area contributed by atoms with Gasteiger partial charge in [0.1, 0.15) is 0 Å². The quantitative estimate of drug-likeness (QED) is 0.793. The van der Waals surface area contributed by atoms with Gasteiger partial charge in [0.15, 0.2) is 0 Å². The number of carbonyl (C=O) groups is 2. The number of carbonyl (C=O) groups excluding carboxylic acids is 2. The first-order valence-corrected chi connectivity index (χ1v) is 11.0. The summed E-state index contributed by atoms with van der Waals surface area (Å²) in [6.07, 6.45) is 2.83. The Balaban J connectivity index is 1.28. The molecule has 0 bridgehead atoms. The summed E-state index contributed by atoms with van der Waals surface area (Å²) in [6, 6.07) is 18.0. The summed E-state index contributed by atoms with van der Waals surface area (Å²) in [4.78, 5) is 29.3. The Kier molecular flexibility index (Phi) is 6.48. The van der Waals surface area contributed by atoms with Gasteiger partial charge in [-0.2, -0.15) is 0 Å². The van der Waals surface area contributed by atoms with E-state index < -0.39 is 0 Å². The molecule has 1 atom stereocenters. The second-order valence-corrected chi connectivity index (χ2v) is 8.81. The molecular formula is C25H31N3O2. The Morgan fingerprint density at radius 1 is 0.967 bits per heavy atom. The number of hydrogen-bond acceptors (Lipinski definition) is 3. The number of benzene rings is 2. The summed E-state index contributed by atoms with van der Waals surface area (Å²) in [7, 11) is 0. The van der Waals surface area contributed by atoms with Crippen LogP contribution < -0.4 is 5.32 Å². The largest absolute Gasteiger partial charge is 0.338 e. The molecule has 0 saturated carbocycles. The van der Waals surface area contributed by atoms with Crippen LogP contribution in [-0.2, 0) is 22.7 Å². The fourth-order valence-electron chi connectivity index (χ4n) is 4.32.